The van der Waals surface area contributed by atoms with E-state index in [0.29, 0.717) is 19.3 Å². The van der Waals surface area contributed by atoms with Gasteiger partial charge in [-0.15, -0.1) is 0 Å². The summed E-state index contributed by atoms with van der Waals surface area (Å²) in [4.78, 5) is 52.6. The van der Waals surface area contributed by atoms with Crippen molar-refractivity contribution in [1.82, 2.24) is 0 Å². The number of hydrogen-bond acceptors (Lipinski definition) is 11. The fourth-order valence-corrected chi connectivity index (χ4v) is 6.39. The molecule has 0 saturated carbocycles. The van der Waals surface area contributed by atoms with Gasteiger partial charge in [0, 0.05) is 12.8 Å². The number of hydrogen-bond donors (Lipinski definition) is 5. The number of carbonyl (C=O) groups excluding carboxylic acids is 2. The van der Waals surface area contributed by atoms with Crippen molar-refractivity contribution in [2.45, 2.75) is 167 Å². The quantitative estimate of drug-likeness (QED) is 0.0128. The Balaban J connectivity index is 4.63. The molecule has 0 radical (unpaired) electrons. The third-order valence-electron chi connectivity index (χ3n) is 8.46. The van der Waals surface area contributed by atoms with Crippen LogP contribution in [0.1, 0.15) is 149 Å². The number of allylic oxidation sites excluding steroid dienone is 8. The molecular formula is C42H74O14P2. The number of aliphatic hydroxyl groups excluding tert-OH is 2. The molecular weight excluding hydrogens is 790 g/mol. The summed E-state index contributed by atoms with van der Waals surface area (Å²) in [7, 11) is -9.70. The van der Waals surface area contributed by atoms with Gasteiger partial charge in [-0.3, -0.25) is 23.2 Å². The van der Waals surface area contributed by atoms with Crippen LogP contribution in [-0.2, 0) is 41.8 Å². The zero-order valence-electron chi connectivity index (χ0n) is 35.0. The van der Waals surface area contributed by atoms with Crippen LogP contribution in [0.4, 0.5) is 0 Å². The van der Waals surface area contributed by atoms with Gasteiger partial charge in [-0.2, -0.15) is 0 Å². The van der Waals surface area contributed by atoms with Crippen molar-refractivity contribution in [1.29, 1.82) is 0 Å². The Hall–Kier alpha value is -2.22. The highest BCUT2D eigenvalue weighted by molar-refractivity contribution is 7.47. The summed E-state index contributed by atoms with van der Waals surface area (Å²) in [6.07, 6.45) is 35.4. The molecule has 0 heterocycles. The average molecular weight is 865 g/mol. The second-order valence-electron chi connectivity index (χ2n) is 14.1. The minimum absolute atomic E-state index is 0.0978. The van der Waals surface area contributed by atoms with Crippen LogP contribution in [0.2, 0.25) is 0 Å². The minimum atomic E-state index is -4.87. The summed E-state index contributed by atoms with van der Waals surface area (Å²) >= 11 is 0. The van der Waals surface area contributed by atoms with Crippen molar-refractivity contribution < 1.29 is 66.7 Å². The number of phosphoric acid groups is 2. The number of phosphoric ester groups is 2. The molecule has 336 valence electrons. The standard InChI is InChI=1S/C42H74O14P2/c1-3-5-7-8-9-10-11-12-13-14-15-18-22-25-29-33-42(46)56-40(37-55-58(50,51)54-35-39(44)34-53-57(47,48)49)36-52-41(45)32-28-24-21-19-16-17-20-23-27-31-38(43)30-26-6-4-2/h6,9-10,12-13,20,23,26-27,31,38-40,43-44H,3-5,7-8,11,14-19,21-22,24-25,28-30,32-37H2,1-2H3,(H,50,51)(H2,47,48,49)/b10-9-,13-12-,23-20+,26-6+,31-27+/t38?,39-,40+/m0/s1. The highest BCUT2D eigenvalue weighted by Gasteiger charge is 2.28. The van der Waals surface area contributed by atoms with Crippen molar-refractivity contribution >= 4 is 27.6 Å². The van der Waals surface area contributed by atoms with Gasteiger partial charge in [0.1, 0.15) is 12.7 Å². The molecule has 0 amide bonds. The highest BCUT2D eigenvalue weighted by Crippen LogP contribution is 2.43. The van der Waals surface area contributed by atoms with Crippen LogP contribution in [0.25, 0.3) is 0 Å². The number of unbranched alkanes of at least 4 members (excludes halogenated alkanes) is 13. The molecule has 0 saturated heterocycles. The zero-order valence-corrected chi connectivity index (χ0v) is 36.8. The first-order chi connectivity index (χ1) is 27.8. The van der Waals surface area contributed by atoms with E-state index in [1.54, 1.807) is 6.08 Å². The van der Waals surface area contributed by atoms with E-state index in [2.05, 4.69) is 46.4 Å². The molecule has 0 fully saturated rings. The topological polar surface area (TPSA) is 216 Å². The summed E-state index contributed by atoms with van der Waals surface area (Å²) in [5.41, 5.74) is 0. The van der Waals surface area contributed by atoms with E-state index >= 15 is 0 Å². The Morgan fingerprint density at radius 1 is 0.586 bits per heavy atom. The summed E-state index contributed by atoms with van der Waals surface area (Å²) in [5.74, 6) is -1.11. The molecule has 14 nitrogen and oxygen atoms in total. The lowest BCUT2D eigenvalue weighted by Crippen LogP contribution is -2.30. The first-order valence-corrected chi connectivity index (χ1v) is 24.1. The van der Waals surface area contributed by atoms with Crippen LogP contribution in [0, 0.1) is 0 Å². The van der Waals surface area contributed by atoms with E-state index in [-0.39, 0.29) is 12.8 Å². The predicted octanol–water partition coefficient (Wildman–Crippen LogP) is 9.42. The molecule has 16 heteroatoms. The van der Waals surface area contributed by atoms with Gasteiger partial charge in [0.05, 0.1) is 25.9 Å². The predicted molar refractivity (Wildman–Crippen MR) is 227 cm³/mol. The summed E-state index contributed by atoms with van der Waals surface area (Å²) < 4.78 is 47.7. The van der Waals surface area contributed by atoms with Gasteiger partial charge >= 0.3 is 27.6 Å². The molecule has 0 aliphatic heterocycles. The molecule has 0 aromatic rings. The summed E-state index contributed by atoms with van der Waals surface area (Å²) in [6.45, 7) is 1.45. The van der Waals surface area contributed by atoms with Gasteiger partial charge in [0.2, 0.25) is 0 Å². The molecule has 0 aromatic heterocycles. The Morgan fingerprint density at radius 2 is 1.14 bits per heavy atom. The number of aliphatic hydroxyl groups is 2. The molecule has 0 aliphatic rings. The van der Waals surface area contributed by atoms with Gasteiger partial charge in [0.25, 0.3) is 0 Å². The lowest BCUT2D eigenvalue weighted by molar-refractivity contribution is -0.161. The number of esters is 2. The first-order valence-electron chi connectivity index (χ1n) is 21.1. The number of carbonyl (C=O) groups is 2. The highest BCUT2D eigenvalue weighted by atomic mass is 31.2. The van der Waals surface area contributed by atoms with Gasteiger partial charge in [-0.1, -0.05) is 126 Å². The lowest BCUT2D eigenvalue weighted by atomic mass is 10.1. The molecule has 0 bridgehead atoms. The molecule has 0 aromatic carbocycles. The number of rotatable bonds is 39. The molecule has 0 spiro atoms. The molecule has 5 N–H and O–H groups in total. The maximum absolute atomic E-state index is 12.6. The maximum atomic E-state index is 12.6. The van der Waals surface area contributed by atoms with Crippen molar-refractivity contribution in [3.63, 3.8) is 0 Å². The smallest absolute Gasteiger partial charge is 0.462 e. The van der Waals surface area contributed by atoms with Gasteiger partial charge in [-0.25, -0.2) is 9.13 Å². The van der Waals surface area contributed by atoms with Crippen LogP contribution < -0.4 is 0 Å². The van der Waals surface area contributed by atoms with Crippen LogP contribution in [0.15, 0.2) is 60.8 Å². The van der Waals surface area contributed by atoms with E-state index in [9.17, 15) is 33.8 Å². The van der Waals surface area contributed by atoms with E-state index in [4.69, 9.17) is 23.8 Å². The first kappa shape index (κ1) is 55.8. The maximum Gasteiger partial charge on any atom is 0.472 e. The molecule has 0 aliphatic carbocycles. The van der Waals surface area contributed by atoms with Crippen molar-refractivity contribution in [2.24, 2.45) is 0 Å². The SMILES string of the molecule is CC/C=C/CC(O)/C=C/C=C/CCCCCCCC(=O)OC[C@H](COP(=O)(O)OC[C@@H](O)COP(=O)(O)O)OC(=O)CCCCCCC/C=C\C/C=C\CCCCC. The van der Waals surface area contributed by atoms with Crippen molar-refractivity contribution in [3.05, 3.63) is 60.8 Å². The summed E-state index contributed by atoms with van der Waals surface area (Å²) in [6, 6.07) is 0. The largest absolute Gasteiger partial charge is 0.472 e. The van der Waals surface area contributed by atoms with Crippen molar-refractivity contribution in [3.8, 4) is 0 Å². The van der Waals surface area contributed by atoms with E-state index in [1.807, 2.05) is 31.2 Å². The van der Waals surface area contributed by atoms with Crippen LogP contribution >= 0.6 is 15.6 Å². The monoisotopic (exact) mass is 864 g/mol. The van der Waals surface area contributed by atoms with Gasteiger partial charge < -0.3 is 34.4 Å². The fourth-order valence-electron chi connectivity index (χ4n) is 5.24. The number of ether oxygens (including phenoxy) is 2. The van der Waals surface area contributed by atoms with E-state index in [1.165, 1.54) is 19.3 Å². The molecule has 58 heavy (non-hydrogen) atoms. The minimum Gasteiger partial charge on any atom is -0.462 e. The van der Waals surface area contributed by atoms with Gasteiger partial charge in [0.15, 0.2) is 6.10 Å². The van der Waals surface area contributed by atoms with E-state index in [0.717, 1.165) is 83.5 Å². The molecule has 4 atom stereocenters. The average Bonchev–Trinajstić information content (AvgIpc) is 3.17. The van der Waals surface area contributed by atoms with Gasteiger partial charge in [-0.05, 0) is 70.6 Å². The second kappa shape index (κ2) is 37.8. The Kier molecular flexibility index (Phi) is 36.3. The molecule has 0 rings (SSSR count). The van der Waals surface area contributed by atoms with Crippen LogP contribution in [0.5, 0.6) is 0 Å². The Morgan fingerprint density at radius 3 is 1.76 bits per heavy atom. The Bertz CT molecular complexity index is 1280. The normalized spacial score (nSPS) is 15.2. The van der Waals surface area contributed by atoms with Crippen molar-refractivity contribution in [2.75, 3.05) is 26.4 Å². The van der Waals surface area contributed by atoms with Crippen LogP contribution in [0.3, 0.4) is 0 Å². The Labute approximate surface area is 347 Å². The molecule has 2 unspecified atom stereocenters. The second-order valence-corrected chi connectivity index (χ2v) is 16.8. The van der Waals surface area contributed by atoms with Crippen LogP contribution in [-0.4, -0.2) is 81.6 Å². The third kappa shape index (κ3) is 40.6. The third-order valence-corrected chi connectivity index (χ3v) is 9.90. The lowest BCUT2D eigenvalue weighted by Gasteiger charge is -2.20. The van der Waals surface area contributed by atoms with E-state index < -0.39 is 72.3 Å². The fraction of sp³-hybridized carbons (Fsp3) is 0.714. The zero-order chi connectivity index (χ0) is 43.2. The summed E-state index contributed by atoms with van der Waals surface area (Å²) in [5, 5.41) is 19.6.